The van der Waals surface area contributed by atoms with Crippen LogP contribution in [0.4, 0.5) is 4.48 Å². The lowest BCUT2D eigenvalue weighted by molar-refractivity contribution is -0.119. The Hall–Kier alpha value is -1.03. The Balaban J connectivity index is 2.50. The topological polar surface area (TPSA) is 41.5 Å². The van der Waals surface area contributed by atoms with Gasteiger partial charge in [0.05, 0.1) is 0 Å². The van der Waals surface area contributed by atoms with Crippen LogP contribution in [0, 0.1) is 0 Å². The number of hydrogen-bond donors (Lipinski definition) is 1. The average Bonchev–Trinajstić information content (AvgIpc) is 2.15. The largest absolute Gasteiger partial charge is 0.298 e. The molecule has 0 aliphatic carbocycles. The summed E-state index contributed by atoms with van der Waals surface area (Å²) in [7, 11) is 0. The van der Waals surface area contributed by atoms with Gasteiger partial charge >= 0.3 is 0 Å². The minimum absolute atomic E-state index is 0.204. The van der Waals surface area contributed by atoms with Gasteiger partial charge in [0.1, 0.15) is 11.8 Å². The fraction of sp³-hybridized carbons (Fsp3) is 0.556. The van der Waals surface area contributed by atoms with E-state index in [4.69, 9.17) is 0 Å². The number of allylic oxidation sites excluding steroid dienone is 1. The molecule has 3 nitrogen and oxygen atoms in total. The maximum Gasteiger partial charge on any atom is 0.149 e. The number of aliphatic imine (C=N–C) groups is 1. The zero-order valence-corrected chi connectivity index (χ0v) is 7.59. The van der Waals surface area contributed by atoms with Crippen LogP contribution in [0.2, 0.25) is 0 Å². The molecular weight excluding hydrogens is 171 g/mol. The van der Waals surface area contributed by atoms with E-state index in [0.29, 0.717) is 6.42 Å². The fourth-order valence-electron chi connectivity index (χ4n) is 1.16. The van der Waals surface area contributed by atoms with E-state index in [1.807, 2.05) is 12.2 Å². The first-order valence-electron chi connectivity index (χ1n) is 4.30. The maximum atomic E-state index is 12.1. The van der Waals surface area contributed by atoms with Crippen LogP contribution >= 0.6 is 0 Å². The van der Waals surface area contributed by atoms with E-state index in [1.54, 1.807) is 0 Å². The summed E-state index contributed by atoms with van der Waals surface area (Å²) in [5.74, 6) is -0.204. The number of Topliss-reactive ketones (excluding diaryl/α,β-unsaturated/α-hetero) is 1. The molecule has 1 heterocycles. The highest BCUT2D eigenvalue weighted by atomic mass is 19.2. The van der Waals surface area contributed by atoms with Crippen molar-refractivity contribution in [2.75, 3.05) is 6.54 Å². The van der Waals surface area contributed by atoms with E-state index in [1.165, 1.54) is 12.5 Å². The number of nitrogens with one attached hydrogen (secondary N) is 1. The molecule has 0 aromatic heterocycles. The first-order chi connectivity index (χ1) is 6.24. The Labute approximate surface area is 76.7 Å². The molecule has 0 aromatic carbocycles. The quantitative estimate of drug-likeness (QED) is 0.667. The monoisotopic (exact) mass is 184 g/mol. The zero-order valence-electron chi connectivity index (χ0n) is 7.59. The number of halogens is 1. The summed E-state index contributed by atoms with van der Waals surface area (Å²) >= 11 is 0. The van der Waals surface area contributed by atoms with Crippen molar-refractivity contribution in [3.05, 3.63) is 12.2 Å². The van der Waals surface area contributed by atoms with Crippen LogP contribution in [0.25, 0.3) is 0 Å². The van der Waals surface area contributed by atoms with Gasteiger partial charge in [0.15, 0.2) is 0 Å². The number of carbonyl (C=O) groups is 1. The lowest BCUT2D eigenvalue weighted by atomic mass is 10.1. The van der Waals surface area contributed by atoms with Gasteiger partial charge in [0.25, 0.3) is 0 Å². The second kappa shape index (κ2) is 4.87. The Morgan fingerprint density at radius 3 is 3.08 bits per heavy atom. The second-order valence-corrected chi connectivity index (χ2v) is 3.04. The first-order valence-corrected chi connectivity index (χ1v) is 4.30. The van der Waals surface area contributed by atoms with Crippen LogP contribution < -0.4 is 5.54 Å². The molecule has 0 amide bonds. The summed E-state index contributed by atoms with van der Waals surface area (Å²) in [4.78, 5) is 15.0. The molecule has 1 aliphatic rings. The molecule has 0 bridgehead atoms. The average molecular weight is 184 g/mol. The van der Waals surface area contributed by atoms with Crippen LogP contribution in [-0.2, 0) is 4.79 Å². The summed E-state index contributed by atoms with van der Waals surface area (Å²) in [6.45, 7) is 2.10. The van der Waals surface area contributed by atoms with Crippen molar-refractivity contribution in [1.29, 1.82) is 0 Å². The number of nitrogens with zero attached hydrogens (tertiary/aromatic N) is 1. The molecule has 0 fully saturated rings. The molecule has 0 unspecified atom stereocenters. The van der Waals surface area contributed by atoms with Gasteiger partial charge in [0.2, 0.25) is 0 Å². The predicted octanol–water partition coefficient (Wildman–Crippen LogP) is 1.21. The van der Waals surface area contributed by atoms with Crippen molar-refractivity contribution >= 4 is 11.5 Å². The molecule has 1 aliphatic heterocycles. The van der Waals surface area contributed by atoms with E-state index in [-0.39, 0.29) is 5.78 Å². The van der Waals surface area contributed by atoms with Crippen molar-refractivity contribution < 1.29 is 9.28 Å². The molecule has 72 valence electrons. The third kappa shape index (κ3) is 3.06. The smallest absolute Gasteiger partial charge is 0.149 e. The lowest BCUT2D eigenvalue weighted by Gasteiger charge is -2.11. The minimum Gasteiger partial charge on any atom is -0.298 e. The van der Waals surface area contributed by atoms with E-state index in [9.17, 15) is 9.28 Å². The van der Waals surface area contributed by atoms with Gasteiger partial charge in [-0.15, -0.1) is 10.0 Å². The SMILES string of the molecule is CC(=O)[C@H](CC1=NCCC=C1)NF. The summed E-state index contributed by atoms with van der Waals surface area (Å²) in [6, 6.07) is -0.749. The highest BCUT2D eigenvalue weighted by molar-refractivity contribution is 5.99. The summed E-state index contributed by atoms with van der Waals surface area (Å²) in [5.41, 5.74) is 2.27. The molecular formula is C9H13FN2O. The predicted molar refractivity (Wildman–Crippen MR) is 49.4 cm³/mol. The summed E-state index contributed by atoms with van der Waals surface area (Å²) in [6.07, 6.45) is 5.09. The Morgan fingerprint density at radius 1 is 1.85 bits per heavy atom. The van der Waals surface area contributed by atoms with Gasteiger partial charge in [-0.1, -0.05) is 6.08 Å². The van der Waals surface area contributed by atoms with Crippen LogP contribution in [0.5, 0.6) is 0 Å². The molecule has 0 spiro atoms. The van der Waals surface area contributed by atoms with E-state index in [2.05, 4.69) is 4.99 Å². The fourth-order valence-corrected chi connectivity index (χ4v) is 1.16. The van der Waals surface area contributed by atoms with Crippen molar-refractivity contribution in [3.8, 4) is 0 Å². The molecule has 0 saturated heterocycles. The van der Waals surface area contributed by atoms with Gasteiger partial charge in [0, 0.05) is 18.7 Å². The third-order valence-corrected chi connectivity index (χ3v) is 1.96. The van der Waals surface area contributed by atoms with E-state index < -0.39 is 6.04 Å². The van der Waals surface area contributed by atoms with Crippen molar-refractivity contribution in [2.45, 2.75) is 25.8 Å². The molecule has 1 atom stereocenters. The molecule has 4 heteroatoms. The van der Waals surface area contributed by atoms with Gasteiger partial charge < -0.3 is 0 Å². The van der Waals surface area contributed by atoms with Gasteiger partial charge in [-0.05, 0) is 19.4 Å². The summed E-state index contributed by atoms with van der Waals surface area (Å²) in [5, 5.41) is 0. The Morgan fingerprint density at radius 2 is 2.62 bits per heavy atom. The van der Waals surface area contributed by atoms with Crippen LogP contribution in [-0.4, -0.2) is 24.1 Å². The second-order valence-electron chi connectivity index (χ2n) is 3.04. The Bertz CT molecular complexity index is 248. The third-order valence-electron chi connectivity index (χ3n) is 1.96. The molecule has 0 aromatic rings. The number of ketones is 1. The van der Waals surface area contributed by atoms with Crippen LogP contribution in [0.15, 0.2) is 17.1 Å². The van der Waals surface area contributed by atoms with Crippen LogP contribution in [0.3, 0.4) is 0 Å². The lowest BCUT2D eigenvalue weighted by Crippen LogP contribution is -2.32. The Kier molecular flexibility index (Phi) is 3.76. The first kappa shape index (κ1) is 10.1. The van der Waals surface area contributed by atoms with Gasteiger partial charge in [-0.2, -0.15) is 0 Å². The van der Waals surface area contributed by atoms with Crippen LogP contribution in [0.1, 0.15) is 19.8 Å². The molecule has 0 saturated carbocycles. The number of carbonyl (C=O) groups excluding carboxylic acids is 1. The molecule has 1 N–H and O–H groups in total. The van der Waals surface area contributed by atoms with E-state index >= 15 is 0 Å². The van der Waals surface area contributed by atoms with Crippen molar-refractivity contribution in [2.24, 2.45) is 4.99 Å². The number of dihydropyridines is 1. The van der Waals surface area contributed by atoms with Crippen molar-refractivity contribution in [3.63, 3.8) is 0 Å². The number of hydrogen-bond acceptors (Lipinski definition) is 3. The zero-order chi connectivity index (χ0) is 9.68. The van der Waals surface area contributed by atoms with Crippen molar-refractivity contribution in [1.82, 2.24) is 5.54 Å². The highest BCUT2D eigenvalue weighted by Crippen LogP contribution is 2.04. The number of rotatable bonds is 4. The molecule has 0 radical (unpaired) electrons. The molecule has 1 rings (SSSR count). The van der Waals surface area contributed by atoms with Gasteiger partial charge in [-0.25, -0.2) is 0 Å². The van der Waals surface area contributed by atoms with E-state index in [0.717, 1.165) is 18.7 Å². The standard InChI is InChI=1S/C9H13FN2O/c1-7(13)9(12-10)6-8-4-2-3-5-11-8/h2,4,9,12H,3,5-6H2,1H3/t9-/m0/s1. The minimum atomic E-state index is -0.749. The normalized spacial score (nSPS) is 18.2. The molecule has 13 heavy (non-hydrogen) atoms. The maximum absolute atomic E-state index is 12.1. The highest BCUT2D eigenvalue weighted by Gasteiger charge is 2.15. The van der Waals surface area contributed by atoms with Gasteiger partial charge in [-0.3, -0.25) is 9.79 Å². The summed E-state index contributed by atoms with van der Waals surface area (Å²) < 4.78 is 12.1.